The Morgan fingerprint density at radius 1 is 1.50 bits per heavy atom. The second-order valence-electron chi connectivity index (χ2n) is 3.08. The summed E-state index contributed by atoms with van der Waals surface area (Å²) in [6.07, 6.45) is 0.104. The molecule has 0 aliphatic heterocycles. The molecule has 78 valence electrons. The standard InChI is InChI=1S/C9H14N2O2S/c1-6-2-4-10-9(11-6)8(13)7(12)3-5-14/h2,4,7-8,12-14H,3,5H2,1H3. The van der Waals surface area contributed by atoms with Crippen molar-refractivity contribution in [1.29, 1.82) is 0 Å². The van der Waals surface area contributed by atoms with Crippen LogP contribution in [-0.4, -0.2) is 32.0 Å². The number of aliphatic hydroxyl groups excluding tert-OH is 2. The molecule has 0 saturated heterocycles. The Kier molecular flexibility index (Phi) is 4.31. The number of hydrogen-bond acceptors (Lipinski definition) is 5. The van der Waals surface area contributed by atoms with E-state index in [1.165, 1.54) is 0 Å². The number of aryl methyl sites for hydroxylation is 1. The van der Waals surface area contributed by atoms with Crippen LogP contribution in [0.15, 0.2) is 12.3 Å². The molecular formula is C9H14N2O2S. The van der Waals surface area contributed by atoms with E-state index in [2.05, 4.69) is 22.6 Å². The average molecular weight is 214 g/mol. The Morgan fingerprint density at radius 2 is 2.21 bits per heavy atom. The van der Waals surface area contributed by atoms with Crippen molar-refractivity contribution in [3.05, 3.63) is 23.8 Å². The molecule has 0 aliphatic carbocycles. The van der Waals surface area contributed by atoms with Gasteiger partial charge in [0.2, 0.25) is 0 Å². The zero-order valence-electron chi connectivity index (χ0n) is 7.96. The van der Waals surface area contributed by atoms with Crippen LogP contribution in [-0.2, 0) is 0 Å². The van der Waals surface area contributed by atoms with E-state index in [0.29, 0.717) is 12.2 Å². The molecule has 2 unspecified atom stereocenters. The number of aromatic nitrogens is 2. The molecule has 5 heteroatoms. The molecular weight excluding hydrogens is 200 g/mol. The van der Waals surface area contributed by atoms with Gasteiger partial charge in [-0.05, 0) is 25.2 Å². The van der Waals surface area contributed by atoms with Gasteiger partial charge in [0.05, 0.1) is 6.10 Å². The monoisotopic (exact) mass is 214 g/mol. The largest absolute Gasteiger partial charge is 0.390 e. The Hall–Kier alpha value is -0.650. The Labute approximate surface area is 88.4 Å². The van der Waals surface area contributed by atoms with Crippen LogP contribution < -0.4 is 0 Å². The van der Waals surface area contributed by atoms with Crippen LogP contribution in [0.1, 0.15) is 24.0 Å². The lowest BCUT2D eigenvalue weighted by atomic mass is 10.1. The van der Waals surface area contributed by atoms with Crippen molar-refractivity contribution in [2.45, 2.75) is 25.6 Å². The topological polar surface area (TPSA) is 66.2 Å². The Bertz CT molecular complexity index is 296. The van der Waals surface area contributed by atoms with Crippen molar-refractivity contribution in [2.75, 3.05) is 5.75 Å². The smallest absolute Gasteiger partial charge is 0.159 e. The number of aliphatic hydroxyl groups is 2. The van der Waals surface area contributed by atoms with Gasteiger partial charge in [-0.3, -0.25) is 0 Å². The van der Waals surface area contributed by atoms with Gasteiger partial charge in [-0.15, -0.1) is 0 Å². The maximum Gasteiger partial charge on any atom is 0.159 e. The normalized spacial score (nSPS) is 15.1. The lowest BCUT2D eigenvalue weighted by Crippen LogP contribution is -2.21. The van der Waals surface area contributed by atoms with Gasteiger partial charge in [0.15, 0.2) is 5.82 Å². The highest BCUT2D eigenvalue weighted by Crippen LogP contribution is 2.15. The van der Waals surface area contributed by atoms with Gasteiger partial charge in [0, 0.05) is 11.9 Å². The van der Waals surface area contributed by atoms with Crippen molar-refractivity contribution < 1.29 is 10.2 Å². The van der Waals surface area contributed by atoms with Crippen LogP contribution >= 0.6 is 12.6 Å². The Balaban J connectivity index is 2.73. The molecule has 0 fully saturated rings. The highest BCUT2D eigenvalue weighted by molar-refractivity contribution is 7.80. The summed E-state index contributed by atoms with van der Waals surface area (Å²) in [6.45, 7) is 1.81. The molecule has 4 nitrogen and oxygen atoms in total. The highest BCUT2D eigenvalue weighted by Gasteiger charge is 2.19. The minimum absolute atomic E-state index is 0.263. The van der Waals surface area contributed by atoms with E-state index in [0.717, 1.165) is 5.69 Å². The highest BCUT2D eigenvalue weighted by atomic mass is 32.1. The van der Waals surface area contributed by atoms with E-state index in [-0.39, 0.29) is 5.82 Å². The van der Waals surface area contributed by atoms with E-state index >= 15 is 0 Å². The van der Waals surface area contributed by atoms with Gasteiger partial charge in [-0.25, -0.2) is 9.97 Å². The van der Waals surface area contributed by atoms with E-state index in [1.54, 1.807) is 12.3 Å². The van der Waals surface area contributed by atoms with Crippen LogP contribution in [0, 0.1) is 6.92 Å². The molecule has 0 spiro atoms. The first-order valence-corrected chi connectivity index (χ1v) is 5.05. The molecule has 0 saturated carbocycles. The molecule has 0 bridgehead atoms. The molecule has 1 heterocycles. The third-order valence-corrected chi connectivity index (χ3v) is 2.13. The summed E-state index contributed by atoms with van der Waals surface area (Å²) in [5.74, 6) is 0.781. The summed E-state index contributed by atoms with van der Waals surface area (Å²) in [7, 11) is 0. The molecule has 0 aromatic carbocycles. The van der Waals surface area contributed by atoms with Crippen molar-refractivity contribution >= 4 is 12.6 Å². The fourth-order valence-electron chi connectivity index (χ4n) is 1.07. The summed E-state index contributed by atoms with van der Waals surface area (Å²) in [5.41, 5.74) is 0.770. The van der Waals surface area contributed by atoms with Crippen molar-refractivity contribution in [3.8, 4) is 0 Å². The summed E-state index contributed by atoms with van der Waals surface area (Å²) in [6, 6.07) is 1.74. The third-order valence-electron chi connectivity index (χ3n) is 1.87. The third kappa shape index (κ3) is 2.94. The van der Waals surface area contributed by atoms with Gasteiger partial charge in [0.1, 0.15) is 6.10 Å². The quantitative estimate of drug-likeness (QED) is 0.639. The van der Waals surface area contributed by atoms with Crippen molar-refractivity contribution in [2.24, 2.45) is 0 Å². The molecule has 2 atom stereocenters. The summed E-state index contributed by atoms with van der Waals surface area (Å²) >= 11 is 3.98. The maximum atomic E-state index is 9.64. The second kappa shape index (κ2) is 5.29. The molecule has 0 aliphatic rings. The van der Waals surface area contributed by atoms with Crippen LogP contribution in [0.25, 0.3) is 0 Å². The molecule has 1 aromatic rings. The Morgan fingerprint density at radius 3 is 2.79 bits per heavy atom. The van der Waals surface area contributed by atoms with Crippen LogP contribution in [0.4, 0.5) is 0 Å². The van der Waals surface area contributed by atoms with Crippen molar-refractivity contribution in [1.82, 2.24) is 9.97 Å². The first-order chi connectivity index (χ1) is 6.65. The van der Waals surface area contributed by atoms with Gasteiger partial charge in [-0.1, -0.05) is 0 Å². The van der Waals surface area contributed by atoms with Crippen LogP contribution in [0.2, 0.25) is 0 Å². The number of rotatable bonds is 4. The minimum atomic E-state index is -1.03. The second-order valence-corrected chi connectivity index (χ2v) is 3.53. The molecule has 0 amide bonds. The van der Waals surface area contributed by atoms with E-state index in [1.807, 2.05) is 6.92 Å². The summed E-state index contributed by atoms with van der Waals surface area (Å²) in [4.78, 5) is 7.93. The van der Waals surface area contributed by atoms with E-state index in [9.17, 15) is 10.2 Å². The van der Waals surface area contributed by atoms with Crippen LogP contribution in [0.5, 0.6) is 0 Å². The lowest BCUT2D eigenvalue weighted by Gasteiger charge is -2.15. The number of thiol groups is 1. The summed E-state index contributed by atoms with van der Waals surface area (Å²) < 4.78 is 0. The van der Waals surface area contributed by atoms with E-state index < -0.39 is 12.2 Å². The zero-order valence-corrected chi connectivity index (χ0v) is 8.85. The van der Waals surface area contributed by atoms with E-state index in [4.69, 9.17) is 0 Å². The first kappa shape index (κ1) is 11.4. The predicted molar refractivity (Wildman–Crippen MR) is 56.2 cm³/mol. The average Bonchev–Trinajstić information content (AvgIpc) is 2.17. The van der Waals surface area contributed by atoms with Gasteiger partial charge in [-0.2, -0.15) is 12.6 Å². The number of hydrogen-bond donors (Lipinski definition) is 3. The fraction of sp³-hybridized carbons (Fsp3) is 0.556. The zero-order chi connectivity index (χ0) is 10.6. The van der Waals surface area contributed by atoms with Crippen LogP contribution in [0.3, 0.4) is 0 Å². The minimum Gasteiger partial charge on any atom is -0.390 e. The lowest BCUT2D eigenvalue weighted by molar-refractivity contribution is 0.0118. The SMILES string of the molecule is Cc1ccnc(C(O)C(O)CCS)n1. The molecule has 0 radical (unpaired) electrons. The van der Waals surface area contributed by atoms with Gasteiger partial charge >= 0.3 is 0 Å². The maximum absolute atomic E-state index is 9.64. The van der Waals surface area contributed by atoms with Crippen molar-refractivity contribution in [3.63, 3.8) is 0 Å². The first-order valence-electron chi connectivity index (χ1n) is 4.41. The molecule has 1 aromatic heterocycles. The number of nitrogens with zero attached hydrogens (tertiary/aromatic N) is 2. The molecule has 2 N–H and O–H groups in total. The fourth-order valence-corrected chi connectivity index (χ4v) is 1.34. The molecule has 14 heavy (non-hydrogen) atoms. The molecule has 1 rings (SSSR count). The summed E-state index contributed by atoms with van der Waals surface area (Å²) in [5, 5.41) is 19.1. The van der Waals surface area contributed by atoms with Gasteiger partial charge < -0.3 is 10.2 Å². The van der Waals surface area contributed by atoms with Gasteiger partial charge in [0.25, 0.3) is 0 Å². The predicted octanol–water partition coefficient (Wildman–Crippen LogP) is 0.499.